The van der Waals surface area contributed by atoms with Crippen molar-refractivity contribution < 1.29 is 18.3 Å². The van der Waals surface area contributed by atoms with E-state index >= 15 is 0 Å². The Morgan fingerprint density at radius 2 is 1.90 bits per heavy atom. The lowest BCUT2D eigenvalue weighted by Crippen LogP contribution is -2.15. The SMILES string of the molecule is COc1ccc(NC(=O)c2cc(C(F)F)nc(C)n2)cc1. The Balaban J connectivity index is 2.19. The van der Waals surface area contributed by atoms with Crippen molar-refractivity contribution in [3.05, 3.63) is 47.5 Å². The van der Waals surface area contributed by atoms with Crippen LogP contribution in [0.4, 0.5) is 14.5 Å². The number of halogens is 2. The number of anilines is 1. The molecular formula is C14H13F2N3O2. The van der Waals surface area contributed by atoms with Crippen molar-refractivity contribution in [2.45, 2.75) is 13.3 Å². The number of carbonyl (C=O) groups excluding carboxylic acids is 1. The van der Waals surface area contributed by atoms with E-state index < -0.39 is 18.0 Å². The molecule has 0 bridgehead atoms. The highest BCUT2D eigenvalue weighted by Crippen LogP contribution is 2.18. The number of benzene rings is 1. The molecule has 0 fully saturated rings. The molecule has 0 aliphatic heterocycles. The summed E-state index contributed by atoms with van der Waals surface area (Å²) in [5, 5.41) is 2.57. The van der Waals surface area contributed by atoms with Crippen LogP contribution >= 0.6 is 0 Å². The van der Waals surface area contributed by atoms with Gasteiger partial charge in [-0.2, -0.15) is 0 Å². The normalized spacial score (nSPS) is 10.5. The summed E-state index contributed by atoms with van der Waals surface area (Å²) in [4.78, 5) is 19.5. The minimum Gasteiger partial charge on any atom is -0.497 e. The number of carbonyl (C=O) groups is 1. The third kappa shape index (κ3) is 3.71. The first-order chi connectivity index (χ1) is 9.99. The molecule has 0 aliphatic rings. The number of ether oxygens (including phenoxy) is 1. The van der Waals surface area contributed by atoms with Gasteiger partial charge >= 0.3 is 0 Å². The smallest absolute Gasteiger partial charge is 0.280 e. The molecular weight excluding hydrogens is 280 g/mol. The Kier molecular flexibility index (Phi) is 4.42. The van der Waals surface area contributed by atoms with E-state index in [1.165, 1.54) is 14.0 Å². The molecule has 21 heavy (non-hydrogen) atoms. The van der Waals surface area contributed by atoms with E-state index in [-0.39, 0.29) is 11.5 Å². The van der Waals surface area contributed by atoms with Crippen molar-refractivity contribution in [1.82, 2.24) is 9.97 Å². The fourth-order valence-electron chi connectivity index (χ4n) is 1.69. The molecule has 2 aromatic rings. The van der Waals surface area contributed by atoms with Crippen molar-refractivity contribution in [3.8, 4) is 5.75 Å². The van der Waals surface area contributed by atoms with E-state index in [9.17, 15) is 13.6 Å². The molecule has 110 valence electrons. The highest BCUT2D eigenvalue weighted by Gasteiger charge is 2.15. The van der Waals surface area contributed by atoms with E-state index in [4.69, 9.17) is 4.74 Å². The predicted octanol–water partition coefficient (Wildman–Crippen LogP) is 2.98. The number of hydrogen-bond acceptors (Lipinski definition) is 4. The zero-order valence-corrected chi connectivity index (χ0v) is 11.4. The molecule has 2 rings (SSSR count). The molecule has 1 amide bonds. The number of nitrogens with zero attached hydrogens (tertiary/aromatic N) is 2. The summed E-state index contributed by atoms with van der Waals surface area (Å²) < 4.78 is 30.3. The average molecular weight is 293 g/mol. The molecule has 1 aromatic carbocycles. The van der Waals surface area contributed by atoms with Gasteiger partial charge in [-0.3, -0.25) is 4.79 Å². The van der Waals surface area contributed by atoms with Crippen LogP contribution in [0, 0.1) is 6.92 Å². The largest absolute Gasteiger partial charge is 0.497 e. The van der Waals surface area contributed by atoms with Crippen LogP contribution in [0.1, 0.15) is 28.4 Å². The van der Waals surface area contributed by atoms with Crippen LogP contribution in [0.15, 0.2) is 30.3 Å². The van der Waals surface area contributed by atoms with E-state index in [1.807, 2.05) is 0 Å². The van der Waals surface area contributed by atoms with Crippen molar-refractivity contribution in [2.24, 2.45) is 0 Å². The van der Waals surface area contributed by atoms with Gasteiger partial charge < -0.3 is 10.1 Å². The Bertz CT molecular complexity index is 645. The number of rotatable bonds is 4. The lowest BCUT2D eigenvalue weighted by atomic mass is 10.2. The second kappa shape index (κ2) is 6.25. The molecule has 0 unspecified atom stereocenters. The second-order valence-electron chi connectivity index (χ2n) is 4.21. The lowest BCUT2D eigenvalue weighted by molar-refractivity contribution is 0.102. The minimum atomic E-state index is -2.75. The van der Waals surface area contributed by atoms with Gasteiger partial charge in [0.05, 0.1) is 7.11 Å². The van der Waals surface area contributed by atoms with Gasteiger partial charge in [0.15, 0.2) is 0 Å². The maximum Gasteiger partial charge on any atom is 0.280 e. The van der Waals surface area contributed by atoms with Crippen molar-refractivity contribution in [2.75, 3.05) is 12.4 Å². The number of aromatic nitrogens is 2. The first kappa shape index (κ1) is 14.8. The molecule has 5 nitrogen and oxygen atoms in total. The van der Waals surface area contributed by atoms with Crippen molar-refractivity contribution in [3.63, 3.8) is 0 Å². The third-order valence-electron chi connectivity index (χ3n) is 2.66. The quantitative estimate of drug-likeness (QED) is 0.941. The summed E-state index contributed by atoms with van der Waals surface area (Å²) >= 11 is 0. The topological polar surface area (TPSA) is 64.1 Å². The number of amides is 1. The molecule has 0 saturated heterocycles. The molecule has 0 atom stereocenters. The van der Waals surface area contributed by atoms with E-state index in [0.29, 0.717) is 11.4 Å². The standard InChI is InChI=1S/C14H13F2N3O2/c1-8-17-11(13(15)16)7-12(18-8)14(20)19-9-3-5-10(21-2)6-4-9/h3-7,13H,1-2H3,(H,19,20). The second-order valence-corrected chi connectivity index (χ2v) is 4.21. The predicted molar refractivity (Wildman–Crippen MR) is 72.7 cm³/mol. The highest BCUT2D eigenvalue weighted by molar-refractivity contribution is 6.02. The van der Waals surface area contributed by atoms with Gasteiger partial charge in [-0.05, 0) is 37.3 Å². The van der Waals surface area contributed by atoms with Crippen LogP contribution in [0.3, 0.4) is 0 Å². The summed E-state index contributed by atoms with van der Waals surface area (Å²) in [6.07, 6.45) is -2.75. The third-order valence-corrected chi connectivity index (χ3v) is 2.66. The van der Waals surface area contributed by atoms with Crippen LogP contribution < -0.4 is 10.1 Å². The Hall–Kier alpha value is -2.57. The summed E-state index contributed by atoms with van der Waals surface area (Å²) in [5.41, 5.74) is -0.0633. The Morgan fingerprint density at radius 1 is 1.24 bits per heavy atom. The van der Waals surface area contributed by atoms with Gasteiger partial charge in [-0.1, -0.05) is 0 Å². The van der Waals surface area contributed by atoms with Gasteiger partial charge in [-0.25, -0.2) is 18.7 Å². The maximum atomic E-state index is 12.7. The van der Waals surface area contributed by atoms with Gasteiger partial charge in [0.1, 0.15) is 23.0 Å². The highest BCUT2D eigenvalue weighted by atomic mass is 19.3. The molecule has 7 heteroatoms. The molecule has 0 radical (unpaired) electrons. The average Bonchev–Trinajstić information content (AvgIpc) is 2.47. The number of hydrogen-bond donors (Lipinski definition) is 1. The summed E-state index contributed by atoms with van der Waals surface area (Å²) in [7, 11) is 1.53. The molecule has 1 heterocycles. The molecule has 0 spiro atoms. The van der Waals surface area contributed by atoms with Crippen molar-refractivity contribution in [1.29, 1.82) is 0 Å². The van der Waals surface area contributed by atoms with Crippen LogP contribution in [0.25, 0.3) is 0 Å². The van der Waals surface area contributed by atoms with Crippen LogP contribution in [-0.2, 0) is 0 Å². The van der Waals surface area contributed by atoms with Gasteiger partial charge in [0, 0.05) is 5.69 Å². The first-order valence-electron chi connectivity index (χ1n) is 6.08. The molecule has 1 aromatic heterocycles. The van der Waals surface area contributed by atoms with E-state index in [1.54, 1.807) is 24.3 Å². The Labute approximate surface area is 120 Å². The zero-order valence-electron chi connectivity index (χ0n) is 11.4. The fraction of sp³-hybridized carbons (Fsp3) is 0.214. The van der Waals surface area contributed by atoms with Crippen LogP contribution in [0.2, 0.25) is 0 Å². The summed E-state index contributed by atoms with van der Waals surface area (Å²) in [5.74, 6) is 0.186. The molecule has 0 saturated carbocycles. The minimum absolute atomic E-state index is 0.103. The molecule has 1 N–H and O–H groups in total. The molecule has 0 aliphatic carbocycles. The van der Waals surface area contributed by atoms with Gasteiger partial charge in [-0.15, -0.1) is 0 Å². The van der Waals surface area contributed by atoms with E-state index in [2.05, 4.69) is 15.3 Å². The number of aryl methyl sites for hydroxylation is 1. The zero-order chi connectivity index (χ0) is 15.4. The summed E-state index contributed by atoms with van der Waals surface area (Å²) in [6.45, 7) is 1.45. The van der Waals surface area contributed by atoms with Crippen LogP contribution in [-0.4, -0.2) is 23.0 Å². The number of methoxy groups -OCH3 is 1. The summed E-state index contributed by atoms with van der Waals surface area (Å²) in [6, 6.07) is 7.60. The maximum absolute atomic E-state index is 12.7. The van der Waals surface area contributed by atoms with Crippen LogP contribution in [0.5, 0.6) is 5.75 Å². The monoisotopic (exact) mass is 293 g/mol. The number of nitrogens with one attached hydrogen (secondary N) is 1. The fourth-order valence-corrected chi connectivity index (χ4v) is 1.69. The van der Waals surface area contributed by atoms with Crippen molar-refractivity contribution >= 4 is 11.6 Å². The van der Waals surface area contributed by atoms with Gasteiger partial charge in [0.2, 0.25) is 0 Å². The Morgan fingerprint density at radius 3 is 2.48 bits per heavy atom. The van der Waals surface area contributed by atoms with Gasteiger partial charge in [0.25, 0.3) is 12.3 Å². The van der Waals surface area contributed by atoms with E-state index in [0.717, 1.165) is 6.07 Å². The lowest BCUT2D eigenvalue weighted by Gasteiger charge is -2.07. The first-order valence-corrected chi connectivity index (χ1v) is 6.08. The number of alkyl halides is 2.